The summed E-state index contributed by atoms with van der Waals surface area (Å²) in [5, 5.41) is 12.8. The third kappa shape index (κ3) is 3.98. The SMILES string of the molecule is O=C1CCC(N2Cc3cc(OC4CCCC4N4CCC5(CC4)OCCO5)ccc3C2=O)C(O)N1. The van der Waals surface area contributed by atoms with Crippen LogP contribution in [0.3, 0.4) is 0 Å². The zero-order valence-electron chi connectivity index (χ0n) is 19.4. The second kappa shape index (κ2) is 8.78. The molecular formula is C25H33N3O6. The summed E-state index contributed by atoms with van der Waals surface area (Å²) in [7, 11) is 0. The number of ether oxygens (including phenoxy) is 3. The first-order chi connectivity index (χ1) is 16.5. The highest BCUT2D eigenvalue weighted by Crippen LogP contribution is 2.37. The summed E-state index contributed by atoms with van der Waals surface area (Å²) >= 11 is 0. The van der Waals surface area contributed by atoms with Crippen LogP contribution in [0.4, 0.5) is 0 Å². The summed E-state index contributed by atoms with van der Waals surface area (Å²) in [6.07, 6.45) is 4.98. The number of carbonyl (C=O) groups excluding carboxylic acids is 2. The maximum absolute atomic E-state index is 13.0. The molecule has 184 valence electrons. The van der Waals surface area contributed by atoms with Gasteiger partial charge in [0.1, 0.15) is 18.1 Å². The van der Waals surface area contributed by atoms with Gasteiger partial charge in [-0.3, -0.25) is 14.5 Å². The summed E-state index contributed by atoms with van der Waals surface area (Å²) in [5.74, 6) is 0.151. The van der Waals surface area contributed by atoms with E-state index in [1.165, 1.54) is 0 Å². The van der Waals surface area contributed by atoms with E-state index in [0.717, 1.165) is 56.5 Å². The Labute approximate surface area is 199 Å². The van der Waals surface area contributed by atoms with E-state index in [9.17, 15) is 14.7 Å². The lowest BCUT2D eigenvalue weighted by molar-refractivity contribution is -0.189. The Kier molecular flexibility index (Phi) is 5.76. The molecule has 2 amide bonds. The fraction of sp³-hybridized carbons (Fsp3) is 0.680. The average molecular weight is 472 g/mol. The van der Waals surface area contributed by atoms with Crippen LogP contribution < -0.4 is 10.1 Å². The number of piperidine rings is 2. The molecule has 9 heteroatoms. The Hall–Kier alpha value is -2.20. The van der Waals surface area contributed by atoms with E-state index in [2.05, 4.69) is 10.2 Å². The van der Waals surface area contributed by atoms with Crippen LogP contribution in [0.25, 0.3) is 0 Å². The zero-order chi connectivity index (χ0) is 23.3. The Balaban J connectivity index is 1.11. The van der Waals surface area contributed by atoms with E-state index in [4.69, 9.17) is 14.2 Å². The molecule has 4 heterocycles. The fourth-order valence-electron chi connectivity index (χ4n) is 6.38. The summed E-state index contributed by atoms with van der Waals surface area (Å²) in [4.78, 5) is 28.7. The minimum atomic E-state index is -1.03. The molecule has 0 bridgehead atoms. The maximum atomic E-state index is 13.0. The van der Waals surface area contributed by atoms with Gasteiger partial charge >= 0.3 is 0 Å². The summed E-state index contributed by atoms with van der Waals surface area (Å²) < 4.78 is 18.3. The molecule has 1 aromatic carbocycles. The number of hydrogen-bond acceptors (Lipinski definition) is 7. The van der Waals surface area contributed by atoms with Gasteiger partial charge in [0.2, 0.25) is 5.91 Å². The third-order valence-electron chi connectivity index (χ3n) is 8.20. The Morgan fingerprint density at radius 3 is 2.62 bits per heavy atom. The first kappa shape index (κ1) is 22.3. The summed E-state index contributed by atoms with van der Waals surface area (Å²) in [6.45, 7) is 3.73. The van der Waals surface area contributed by atoms with Crippen molar-refractivity contribution in [3.8, 4) is 5.75 Å². The molecule has 6 rings (SSSR count). The smallest absolute Gasteiger partial charge is 0.254 e. The van der Waals surface area contributed by atoms with Gasteiger partial charge in [-0.2, -0.15) is 0 Å². The second-order valence-corrected chi connectivity index (χ2v) is 10.2. The van der Waals surface area contributed by atoms with Gasteiger partial charge in [-0.05, 0) is 49.4 Å². The molecular weight excluding hydrogens is 438 g/mol. The lowest BCUT2D eigenvalue weighted by Crippen LogP contribution is -2.55. The molecule has 3 saturated heterocycles. The van der Waals surface area contributed by atoms with Gasteiger partial charge in [-0.25, -0.2) is 0 Å². The number of fused-ring (bicyclic) bond motifs is 1. The molecule has 34 heavy (non-hydrogen) atoms. The van der Waals surface area contributed by atoms with Crippen LogP contribution in [0.1, 0.15) is 60.9 Å². The van der Waals surface area contributed by atoms with E-state index >= 15 is 0 Å². The molecule has 4 aliphatic heterocycles. The maximum Gasteiger partial charge on any atom is 0.254 e. The number of aliphatic hydroxyl groups is 1. The molecule has 9 nitrogen and oxygen atoms in total. The van der Waals surface area contributed by atoms with Crippen LogP contribution in [0, 0.1) is 0 Å². The van der Waals surface area contributed by atoms with Crippen LogP contribution in [-0.4, -0.2) is 83.2 Å². The van der Waals surface area contributed by atoms with Gasteiger partial charge in [-0.1, -0.05) is 0 Å². The number of nitrogens with one attached hydrogen (secondary N) is 1. The molecule has 4 fully saturated rings. The standard InChI is InChI=1S/C25H33N3O6/c29-22-7-6-20(23(30)26-22)28-15-16-14-17(4-5-18(16)24(28)31)34-21-3-1-2-19(21)27-10-8-25(9-11-27)32-12-13-33-25/h4-5,14,19-21,23,30H,1-3,6-13,15H2,(H,26,29). The number of carbonyl (C=O) groups is 2. The van der Waals surface area contributed by atoms with E-state index in [0.29, 0.717) is 44.2 Å². The number of likely N-dealkylation sites (tertiary alicyclic amines) is 1. The van der Waals surface area contributed by atoms with Crippen molar-refractivity contribution in [1.82, 2.24) is 15.1 Å². The molecule has 0 radical (unpaired) electrons. The molecule has 1 spiro atoms. The highest BCUT2D eigenvalue weighted by atomic mass is 16.7. The van der Waals surface area contributed by atoms with Gasteiger partial charge in [0.15, 0.2) is 5.79 Å². The minimum absolute atomic E-state index is 0.0981. The van der Waals surface area contributed by atoms with Crippen LogP contribution in [0.5, 0.6) is 5.75 Å². The lowest BCUT2D eigenvalue weighted by Gasteiger charge is -2.41. The van der Waals surface area contributed by atoms with Crippen molar-refractivity contribution in [2.24, 2.45) is 0 Å². The van der Waals surface area contributed by atoms with Crippen molar-refractivity contribution in [3.05, 3.63) is 29.3 Å². The van der Waals surface area contributed by atoms with Gasteiger partial charge < -0.3 is 29.5 Å². The van der Waals surface area contributed by atoms with Gasteiger partial charge in [0.05, 0.1) is 19.3 Å². The van der Waals surface area contributed by atoms with E-state index in [-0.39, 0.29) is 23.7 Å². The molecule has 0 aromatic heterocycles. The Morgan fingerprint density at radius 2 is 1.85 bits per heavy atom. The second-order valence-electron chi connectivity index (χ2n) is 10.2. The topological polar surface area (TPSA) is 101 Å². The van der Waals surface area contributed by atoms with Gasteiger partial charge in [-0.15, -0.1) is 0 Å². The predicted octanol–water partition coefficient (Wildman–Crippen LogP) is 1.38. The van der Waals surface area contributed by atoms with Crippen molar-refractivity contribution < 1.29 is 28.9 Å². The monoisotopic (exact) mass is 471 g/mol. The first-order valence-corrected chi connectivity index (χ1v) is 12.6. The average Bonchev–Trinajstić information content (AvgIpc) is 3.55. The molecule has 1 saturated carbocycles. The highest BCUT2D eigenvalue weighted by molar-refractivity contribution is 5.99. The molecule has 1 aliphatic carbocycles. The zero-order valence-corrected chi connectivity index (χ0v) is 19.4. The molecule has 5 aliphatic rings. The number of nitrogens with zero attached hydrogens (tertiary/aromatic N) is 2. The normalized spacial score (nSPS) is 33.4. The lowest BCUT2D eigenvalue weighted by atomic mass is 10.0. The third-order valence-corrected chi connectivity index (χ3v) is 8.20. The number of amides is 2. The van der Waals surface area contributed by atoms with Gasteiger partial charge in [0, 0.05) is 50.5 Å². The number of aliphatic hydroxyl groups excluding tert-OH is 1. The van der Waals surface area contributed by atoms with Crippen LogP contribution in [0.15, 0.2) is 18.2 Å². The van der Waals surface area contributed by atoms with Crippen LogP contribution in [-0.2, 0) is 20.8 Å². The molecule has 4 atom stereocenters. The van der Waals surface area contributed by atoms with E-state index in [1.54, 1.807) is 4.90 Å². The number of hydrogen-bond donors (Lipinski definition) is 2. The van der Waals surface area contributed by atoms with Crippen LogP contribution in [0.2, 0.25) is 0 Å². The molecule has 4 unspecified atom stereocenters. The minimum Gasteiger partial charge on any atom is -0.489 e. The van der Waals surface area contributed by atoms with Crippen molar-refractivity contribution in [1.29, 1.82) is 0 Å². The number of benzene rings is 1. The van der Waals surface area contributed by atoms with E-state index in [1.807, 2.05) is 18.2 Å². The van der Waals surface area contributed by atoms with Crippen LogP contribution >= 0.6 is 0 Å². The van der Waals surface area contributed by atoms with Crippen molar-refractivity contribution in [3.63, 3.8) is 0 Å². The van der Waals surface area contributed by atoms with Crippen molar-refractivity contribution >= 4 is 11.8 Å². The van der Waals surface area contributed by atoms with Crippen molar-refractivity contribution in [2.75, 3.05) is 26.3 Å². The molecule has 1 aromatic rings. The number of rotatable bonds is 4. The summed E-state index contributed by atoms with van der Waals surface area (Å²) in [6, 6.07) is 5.68. The Bertz CT molecular complexity index is 954. The Morgan fingerprint density at radius 1 is 1.06 bits per heavy atom. The quantitative estimate of drug-likeness (QED) is 0.684. The fourth-order valence-corrected chi connectivity index (χ4v) is 6.38. The first-order valence-electron chi connectivity index (χ1n) is 12.6. The largest absolute Gasteiger partial charge is 0.489 e. The molecule has 2 N–H and O–H groups in total. The van der Waals surface area contributed by atoms with E-state index < -0.39 is 12.3 Å². The van der Waals surface area contributed by atoms with Gasteiger partial charge in [0.25, 0.3) is 5.91 Å². The highest BCUT2D eigenvalue weighted by Gasteiger charge is 2.44. The predicted molar refractivity (Wildman–Crippen MR) is 121 cm³/mol. The van der Waals surface area contributed by atoms with Crippen molar-refractivity contribution in [2.45, 2.75) is 81.7 Å². The summed E-state index contributed by atoms with van der Waals surface area (Å²) in [5.41, 5.74) is 1.56.